The van der Waals surface area contributed by atoms with E-state index in [1.54, 1.807) is 12.1 Å². The zero-order valence-corrected chi connectivity index (χ0v) is 19.4. The van der Waals surface area contributed by atoms with Crippen LogP contribution in [-0.4, -0.2) is 57.9 Å². The van der Waals surface area contributed by atoms with Gasteiger partial charge >= 0.3 is 12.3 Å². The maximum atomic E-state index is 13.7. The highest BCUT2D eigenvalue weighted by molar-refractivity contribution is 5.90. The van der Waals surface area contributed by atoms with E-state index in [0.29, 0.717) is 12.1 Å². The Morgan fingerprint density at radius 1 is 1.11 bits per heavy atom. The number of hydrogen-bond acceptors (Lipinski definition) is 5. The van der Waals surface area contributed by atoms with Crippen LogP contribution in [0.25, 0.3) is 0 Å². The second-order valence-electron chi connectivity index (χ2n) is 8.71. The van der Waals surface area contributed by atoms with Crippen molar-refractivity contribution in [1.82, 2.24) is 14.7 Å². The second kappa shape index (κ2) is 10.5. The van der Waals surface area contributed by atoms with E-state index in [0.717, 1.165) is 11.6 Å². The molecule has 2 fully saturated rings. The molecule has 0 spiro atoms. The summed E-state index contributed by atoms with van der Waals surface area (Å²) >= 11 is 0. The van der Waals surface area contributed by atoms with Crippen molar-refractivity contribution >= 4 is 17.9 Å². The van der Waals surface area contributed by atoms with Crippen molar-refractivity contribution in [3.05, 3.63) is 71.0 Å². The fourth-order valence-electron chi connectivity index (χ4n) is 4.55. The van der Waals surface area contributed by atoms with E-state index < -0.39 is 54.3 Å². The molecule has 194 valence electrons. The van der Waals surface area contributed by atoms with Gasteiger partial charge in [0.25, 0.3) is 0 Å². The lowest BCUT2D eigenvalue weighted by molar-refractivity contribution is -0.168. The topological polar surface area (TPSA) is 94.0 Å². The minimum absolute atomic E-state index is 0.0469. The van der Waals surface area contributed by atoms with Crippen LogP contribution in [0.5, 0.6) is 0 Å². The first-order chi connectivity index (χ1) is 17.6. The summed E-state index contributed by atoms with van der Waals surface area (Å²) in [5.74, 6) is -1.95. The van der Waals surface area contributed by atoms with Crippen LogP contribution in [0.2, 0.25) is 0 Å². The van der Waals surface area contributed by atoms with E-state index >= 15 is 0 Å². The van der Waals surface area contributed by atoms with Gasteiger partial charge in [-0.3, -0.25) is 14.5 Å². The van der Waals surface area contributed by atoms with Crippen LogP contribution >= 0.6 is 0 Å². The van der Waals surface area contributed by atoms with Crippen molar-refractivity contribution in [2.24, 2.45) is 0 Å². The van der Waals surface area contributed by atoms with Crippen molar-refractivity contribution < 1.29 is 36.7 Å². The Balaban J connectivity index is 1.55. The lowest BCUT2D eigenvalue weighted by atomic mass is 10.0. The second-order valence-corrected chi connectivity index (χ2v) is 8.71. The molecule has 12 heteroatoms. The third kappa shape index (κ3) is 5.66. The summed E-state index contributed by atoms with van der Waals surface area (Å²) in [4.78, 5) is 42.8. The highest BCUT2D eigenvalue weighted by atomic mass is 19.4. The van der Waals surface area contributed by atoms with Gasteiger partial charge in [-0.2, -0.15) is 18.4 Å². The summed E-state index contributed by atoms with van der Waals surface area (Å²) in [6.07, 6.45) is -7.06. The quantitative estimate of drug-likeness (QED) is 0.564. The Hall–Kier alpha value is -4.14. The van der Waals surface area contributed by atoms with Crippen molar-refractivity contribution in [2.45, 2.75) is 44.4 Å². The third-order valence-electron chi connectivity index (χ3n) is 6.23. The van der Waals surface area contributed by atoms with Gasteiger partial charge in [0.15, 0.2) is 0 Å². The van der Waals surface area contributed by atoms with Gasteiger partial charge in [-0.05, 0) is 29.3 Å². The van der Waals surface area contributed by atoms with E-state index in [9.17, 15) is 37.2 Å². The fourth-order valence-corrected chi connectivity index (χ4v) is 4.55. The van der Waals surface area contributed by atoms with Gasteiger partial charge < -0.3 is 14.5 Å². The lowest BCUT2D eigenvalue weighted by Gasteiger charge is -2.51. The molecule has 2 aliphatic rings. The lowest BCUT2D eigenvalue weighted by Crippen LogP contribution is -2.71. The molecule has 4 rings (SSSR count). The number of fused-ring (bicyclic) bond motifs is 1. The molecule has 2 saturated heterocycles. The molecule has 2 aromatic carbocycles. The molecule has 0 N–H and O–H groups in total. The number of carbonyl (C=O) groups excluding carboxylic acids is 3. The van der Waals surface area contributed by atoms with Crippen LogP contribution in [-0.2, 0) is 33.7 Å². The summed E-state index contributed by atoms with van der Waals surface area (Å²) in [7, 11) is 0. The average molecular weight is 518 g/mol. The number of amides is 3. The van der Waals surface area contributed by atoms with E-state index in [1.165, 1.54) is 14.7 Å². The van der Waals surface area contributed by atoms with Crippen molar-refractivity contribution in [2.75, 3.05) is 13.1 Å². The number of nitriles is 1. The molecule has 0 radical (unpaired) electrons. The summed E-state index contributed by atoms with van der Waals surface area (Å²) in [5.41, 5.74) is -0.602. The zero-order valence-electron chi connectivity index (χ0n) is 19.4. The first kappa shape index (κ1) is 25.9. The molecule has 0 saturated carbocycles. The van der Waals surface area contributed by atoms with E-state index in [1.807, 2.05) is 24.3 Å². The molecular weight excluding hydrogens is 496 g/mol. The minimum atomic E-state index is -4.78. The van der Waals surface area contributed by atoms with Crippen LogP contribution in [0.3, 0.4) is 0 Å². The average Bonchev–Trinajstić information content (AvgIpc) is 2.85. The van der Waals surface area contributed by atoms with Gasteiger partial charge in [-0.15, -0.1) is 0 Å². The Labute approximate surface area is 209 Å². The first-order valence-electron chi connectivity index (χ1n) is 11.4. The Kier molecular flexibility index (Phi) is 7.33. The van der Waals surface area contributed by atoms with Crippen LogP contribution in [0.15, 0.2) is 48.5 Å². The maximum absolute atomic E-state index is 13.7. The maximum Gasteiger partial charge on any atom is 0.416 e. The Morgan fingerprint density at radius 2 is 1.84 bits per heavy atom. The summed E-state index contributed by atoms with van der Waals surface area (Å²) in [6.45, 7) is -0.547. The highest BCUT2D eigenvalue weighted by Gasteiger charge is 2.49. The molecule has 8 nitrogen and oxygen atoms in total. The van der Waals surface area contributed by atoms with Crippen LogP contribution < -0.4 is 0 Å². The van der Waals surface area contributed by atoms with Crippen molar-refractivity contribution in [3.8, 4) is 6.07 Å². The van der Waals surface area contributed by atoms with E-state index in [-0.39, 0.29) is 38.0 Å². The van der Waals surface area contributed by atoms with Crippen LogP contribution in [0.1, 0.15) is 29.5 Å². The highest BCUT2D eigenvalue weighted by Crippen LogP contribution is 2.31. The zero-order chi connectivity index (χ0) is 26.7. The third-order valence-corrected chi connectivity index (χ3v) is 6.23. The van der Waals surface area contributed by atoms with Gasteiger partial charge in [0.2, 0.25) is 11.8 Å². The summed E-state index contributed by atoms with van der Waals surface area (Å²) < 4.78 is 57.9. The van der Waals surface area contributed by atoms with Gasteiger partial charge in [0.1, 0.15) is 24.6 Å². The van der Waals surface area contributed by atoms with E-state index in [4.69, 9.17) is 4.74 Å². The number of hydrogen-bond donors (Lipinski definition) is 0. The number of rotatable bonds is 5. The molecule has 0 unspecified atom stereocenters. The SMILES string of the molecule is N#CC[C@H]1C(=O)N(Cc2ccccc2)C[C@@H]2N(C(=O)OCc3cc(F)cc(C(F)(F)F)c3)CCC(=O)N21. The standard InChI is InChI=1S/C25H22F4N4O4/c26-19-11-17(10-18(12-19)25(27,28)29)15-37-24(36)32-9-7-22(34)33-20(6-8-30)23(35)31(14-21(32)33)13-16-4-2-1-3-5-16/h1-5,10-12,20-21H,6-7,9,13-15H2/t20-,21+/m0/s1. The molecule has 3 amide bonds. The van der Waals surface area contributed by atoms with Crippen molar-refractivity contribution in [3.63, 3.8) is 0 Å². The number of piperazine rings is 1. The first-order valence-corrected chi connectivity index (χ1v) is 11.4. The molecule has 0 aromatic heterocycles. The largest absolute Gasteiger partial charge is 0.444 e. The monoisotopic (exact) mass is 518 g/mol. The van der Waals surface area contributed by atoms with Crippen molar-refractivity contribution in [1.29, 1.82) is 5.26 Å². The van der Waals surface area contributed by atoms with E-state index in [2.05, 4.69) is 0 Å². The molecule has 0 aliphatic carbocycles. The smallest absolute Gasteiger partial charge is 0.416 e. The molecule has 0 bridgehead atoms. The number of benzene rings is 2. The Morgan fingerprint density at radius 3 is 2.51 bits per heavy atom. The van der Waals surface area contributed by atoms with Gasteiger partial charge in [-0.25, -0.2) is 9.18 Å². The normalized spacial score (nSPS) is 19.9. The summed E-state index contributed by atoms with van der Waals surface area (Å²) in [5, 5.41) is 9.30. The predicted octanol–water partition coefficient (Wildman–Crippen LogP) is 3.67. The fraction of sp³-hybridized carbons (Fsp3) is 0.360. The molecule has 37 heavy (non-hydrogen) atoms. The van der Waals surface area contributed by atoms with Gasteiger partial charge in [0, 0.05) is 19.5 Å². The molecule has 2 atom stereocenters. The number of ether oxygens (including phenoxy) is 1. The number of alkyl halides is 3. The molecule has 2 aromatic rings. The van der Waals surface area contributed by atoms with Gasteiger partial charge in [0.05, 0.1) is 24.6 Å². The molecular formula is C25H22F4N4O4. The number of halogens is 4. The van der Waals surface area contributed by atoms with Gasteiger partial charge in [-0.1, -0.05) is 30.3 Å². The molecule has 2 heterocycles. The summed E-state index contributed by atoms with van der Waals surface area (Å²) in [6, 6.07) is 11.7. The minimum Gasteiger partial charge on any atom is -0.444 e. The number of carbonyl (C=O) groups is 3. The van der Waals surface area contributed by atoms with Crippen LogP contribution in [0, 0.1) is 17.1 Å². The van der Waals surface area contributed by atoms with Crippen LogP contribution in [0.4, 0.5) is 22.4 Å². The molecule has 2 aliphatic heterocycles. The number of nitrogens with zero attached hydrogens (tertiary/aromatic N) is 4. The Bertz CT molecular complexity index is 1230. The predicted molar refractivity (Wildman–Crippen MR) is 119 cm³/mol.